The van der Waals surface area contributed by atoms with Gasteiger partial charge in [-0.3, -0.25) is 4.72 Å². The minimum atomic E-state index is -3.53. The summed E-state index contributed by atoms with van der Waals surface area (Å²) in [6.45, 7) is 0. The van der Waals surface area contributed by atoms with Crippen molar-refractivity contribution in [2.45, 2.75) is 0 Å². The van der Waals surface area contributed by atoms with Crippen LogP contribution in [0.5, 0.6) is 0 Å². The molecule has 21 heavy (non-hydrogen) atoms. The summed E-state index contributed by atoms with van der Waals surface area (Å²) in [5.74, 6) is 0.267. The van der Waals surface area contributed by atoms with Crippen molar-refractivity contribution < 1.29 is 8.42 Å². The van der Waals surface area contributed by atoms with Crippen LogP contribution in [-0.4, -0.2) is 31.8 Å². The first-order valence-electron chi connectivity index (χ1n) is 6.06. The second kappa shape index (κ2) is 6.42. The fourth-order valence-electron chi connectivity index (χ4n) is 1.48. The predicted molar refractivity (Wildman–Crippen MR) is 87.9 cm³/mol. The van der Waals surface area contributed by atoms with E-state index < -0.39 is 10.2 Å². The maximum atomic E-state index is 11.7. The molecule has 0 saturated heterocycles. The van der Waals surface area contributed by atoms with E-state index in [1.807, 2.05) is 24.3 Å². The third-order valence-corrected chi connectivity index (χ3v) is 4.51. The van der Waals surface area contributed by atoms with Gasteiger partial charge in [0.25, 0.3) is 0 Å². The molecule has 0 aliphatic heterocycles. The first kappa shape index (κ1) is 15.7. The first-order valence-corrected chi connectivity index (χ1v) is 8.29. The molecule has 0 atom stereocenters. The summed E-state index contributed by atoms with van der Waals surface area (Å²) in [7, 11) is -0.635. The van der Waals surface area contributed by atoms with Gasteiger partial charge in [0.15, 0.2) is 0 Å². The summed E-state index contributed by atoms with van der Waals surface area (Å²) >= 11 is 3.40. The van der Waals surface area contributed by atoms with E-state index in [9.17, 15) is 8.42 Å². The van der Waals surface area contributed by atoms with Crippen LogP contribution in [0, 0.1) is 0 Å². The number of benzene rings is 1. The van der Waals surface area contributed by atoms with Crippen LogP contribution in [-0.2, 0) is 10.2 Å². The molecule has 2 N–H and O–H groups in total. The Kier molecular flexibility index (Phi) is 4.81. The quantitative estimate of drug-likeness (QED) is 0.848. The van der Waals surface area contributed by atoms with E-state index in [0.717, 1.165) is 20.2 Å². The minimum Gasteiger partial charge on any atom is -0.354 e. The van der Waals surface area contributed by atoms with E-state index in [0.29, 0.717) is 0 Å². The van der Waals surface area contributed by atoms with Crippen molar-refractivity contribution in [1.29, 1.82) is 0 Å². The highest BCUT2D eigenvalue weighted by Gasteiger charge is 2.13. The van der Waals surface area contributed by atoms with E-state index in [2.05, 4.69) is 31.0 Å². The normalized spacial score (nSPS) is 11.4. The highest BCUT2D eigenvalue weighted by atomic mass is 79.9. The molecule has 112 valence electrons. The monoisotopic (exact) mass is 370 g/mol. The smallest absolute Gasteiger partial charge is 0.302 e. The molecule has 2 rings (SSSR count). The van der Waals surface area contributed by atoms with Gasteiger partial charge in [-0.15, -0.1) is 0 Å². The van der Waals surface area contributed by atoms with Crippen molar-refractivity contribution in [3.05, 3.63) is 47.1 Å². The first-order chi connectivity index (χ1) is 9.87. The number of aromatic nitrogens is 1. The number of rotatable bonds is 5. The van der Waals surface area contributed by atoms with Crippen molar-refractivity contribution in [1.82, 2.24) is 9.29 Å². The van der Waals surface area contributed by atoms with Crippen LogP contribution in [0.15, 0.2) is 47.1 Å². The summed E-state index contributed by atoms with van der Waals surface area (Å²) < 4.78 is 27.8. The zero-order valence-corrected chi connectivity index (χ0v) is 13.9. The summed E-state index contributed by atoms with van der Waals surface area (Å²) in [5.41, 5.74) is 1.67. The number of halogens is 1. The van der Waals surface area contributed by atoms with Crippen molar-refractivity contribution in [3.63, 3.8) is 0 Å². The number of hydrogen-bond donors (Lipinski definition) is 2. The topological polar surface area (TPSA) is 74.3 Å². The highest BCUT2D eigenvalue weighted by molar-refractivity contribution is 9.10. The number of nitrogens with zero attached hydrogens (tertiary/aromatic N) is 2. The predicted octanol–water partition coefficient (Wildman–Crippen LogP) is 2.81. The van der Waals surface area contributed by atoms with Crippen LogP contribution in [0.2, 0.25) is 0 Å². The number of anilines is 3. The Morgan fingerprint density at radius 1 is 1.14 bits per heavy atom. The van der Waals surface area contributed by atoms with E-state index >= 15 is 0 Å². The molecule has 0 bridgehead atoms. The van der Waals surface area contributed by atoms with Crippen molar-refractivity contribution in [2.24, 2.45) is 0 Å². The number of pyridine rings is 1. The average Bonchev–Trinajstić information content (AvgIpc) is 2.40. The van der Waals surface area contributed by atoms with Crippen LogP contribution < -0.4 is 10.0 Å². The molecule has 0 spiro atoms. The Labute approximate surface area is 132 Å². The molecular formula is C13H15BrN4O2S. The zero-order chi connectivity index (χ0) is 15.5. The Morgan fingerprint density at radius 2 is 1.90 bits per heavy atom. The van der Waals surface area contributed by atoms with Gasteiger partial charge in [0.1, 0.15) is 5.82 Å². The van der Waals surface area contributed by atoms with Crippen LogP contribution in [0.4, 0.5) is 17.2 Å². The zero-order valence-electron chi connectivity index (χ0n) is 11.5. The minimum absolute atomic E-state index is 0.267. The third kappa shape index (κ3) is 4.42. The fourth-order valence-corrected chi connectivity index (χ4v) is 2.45. The number of hydrogen-bond acceptors (Lipinski definition) is 4. The molecule has 0 amide bonds. The second-order valence-electron chi connectivity index (χ2n) is 4.46. The van der Waals surface area contributed by atoms with Gasteiger partial charge in [-0.1, -0.05) is 22.0 Å². The highest BCUT2D eigenvalue weighted by Crippen LogP contribution is 2.20. The Morgan fingerprint density at radius 3 is 2.48 bits per heavy atom. The van der Waals surface area contributed by atoms with Gasteiger partial charge < -0.3 is 5.32 Å². The van der Waals surface area contributed by atoms with Gasteiger partial charge in [0, 0.05) is 24.3 Å². The lowest BCUT2D eigenvalue weighted by atomic mass is 10.3. The lowest BCUT2D eigenvalue weighted by molar-refractivity contribution is 0.526. The van der Waals surface area contributed by atoms with E-state index in [1.165, 1.54) is 14.1 Å². The van der Waals surface area contributed by atoms with Gasteiger partial charge in [-0.2, -0.15) is 12.7 Å². The lowest BCUT2D eigenvalue weighted by Gasteiger charge is -2.13. The maximum Gasteiger partial charge on any atom is 0.302 e. The van der Waals surface area contributed by atoms with Crippen LogP contribution in [0.25, 0.3) is 0 Å². The molecule has 1 aromatic carbocycles. The molecule has 1 aromatic heterocycles. The molecule has 0 saturated carbocycles. The van der Waals surface area contributed by atoms with Crippen LogP contribution >= 0.6 is 15.9 Å². The Bertz CT molecular complexity index is 717. The van der Waals surface area contributed by atoms with Crippen LogP contribution in [0.1, 0.15) is 0 Å². The number of nitrogens with one attached hydrogen (secondary N) is 2. The van der Waals surface area contributed by atoms with Gasteiger partial charge in [-0.25, -0.2) is 4.98 Å². The maximum absolute atomic E-state index is 11.7. The molecular weight excluding hydrogens is 356 g/mol. The Balaban J connectivity index is 2.09. The fraction of sp³-hybridized carbons (Fsp3) is 0.154. The summed E-state index contributed by atoms with van der Waals surface area (Å²) in [6.07, 6.45) is 1.56. The molecule has 0 aliphatic rings. The molecule has 2 aromatic rings. The SMILES string of the molecule is CN(C)S(=O)(=O)Nc1ccc(Nc2cccc(Br)c2)cn1. The van der Waals surface area contributed by atoms with Crippen molar-refractivity contribution in [3.8, 4) is 0 Å². The van der Waals surface area contributed by atoms with E-state index in [4.69, 9.17) is 0 Å². The second-order valence-corrected chi connectivity index (χ2v) is 7.26. The van der Waals surface area contributed by atoms with E-state index in [-0.39, 0.29) is 5.82 Å². The summed E-state index contributed by atoms with van der Waals surface area (Å²) in [5, 5.41) is 3.18. The van der Waals surface area contributed by atoms with Crippen molar-refractivity contribution >= 4 is 43.3 Å². The van der Waals surface area contributed by atoms with Gasteiger partial charge in [0.2, 0.25) is 0 Å². The largest absolute Gasteiger partial charge is 0.354 e. The molecule has 6 nitrogen and oxygen atoms in total. The third-order valence-electron chi connectivity index (χ3n) is 2.59. The van der Waals surface area contributed by atoms with Gasteiger partial charge >= 0.3 is 10.2 Å². The Hall–Kier alpha value is -1.64. The van der Waals surface area contributed by atoms with Crippen molar-refractivity contribution in [2.75, 3.05) is 24.1 Å². The van der Waals surface area contributed by atoms with Gasteiger partial charge in [-0.05, 0) is 30.3 Å². The molecule has 0 fully saturated rings. The molecule has 0 aliphatic carbocycles. The molecule has 8 heteroatoms. The average molecular weight is 371 g/mol. The standard InChI is InChI=1S/C13H15BrN4O2S/c1-18(2)21(19,20)17-13-7-6-12(9-15-13)16-11-5-3-4-10(14)8-11/h3-9,16H,1-2H3,(H,15,17). The summed E-state index contributed by atoms with van der Waals surface area (Å²) in [6, 6.07) is 11.1. The molecule has 0 radical (unpaired) electrons. The van der Waals surface area contributed by atoms with E-state index in [1.54, 1.807) is 18.3 Å². The lowest BCUT2D eigenvalue weighted by Crippen LogP contribution is -2.29. The van der Waals surface area contributed by atoms with Gasteiger partial charge in [0.05, 0.1) is 11.9 Å². The summed E-state index contributed by atoms with van der Waals surface area (Å²) in [4.78, 5) is 4.07. The van der Waals surface area contributed by atoms with Crippen LogP contribution in [0.3, 0.4) is 0 Å². The molecule has 1 heterocycles. The molecule has 0 unspecified atom stereocenters.